The lowest BCUT2D eigenvalue weighted by Crippen LogP contribution is -2.23. The third-order valence-corrected chi connectivity index (χ3v) is 4.58. The molecule has 0 aliphatic rings. The minimum atomic E-state index is -0.642. The van der Waals surface area contributed by atoms with Gasteiger partial charge in [-0.05, 0) is 36.4 Å². The largest absolute Gasteiger partial charge is 0.489 e. The number of nitrogens with one attached hydrogen (secondary N) is 1. The molecule has 0 aliphatic carbocycles. The van der Waals surface area contributed by atoms with Crippen LogP contribution in [0.3, 0.4) is 0 Å². The van der Waals surface area contributed by atoms with Crippen LogP contribution in [0.4, 0.5) is 8.78 Å². The smallest absolute Gasteiger partial charge is 0.271 e. The summed E-state index contributed by atoms with van der Waals surface area (Å²) in [5, 5.41) is 5.04. The van der Waals surface area contributed by atoms with Crippen LogP contribution in [0.2, 0.25) is 0 Å². The van der Waals surface area contributed by atoms with Gasteiger partial charge in [0.2, 0.25) is 0 Å². The summed E-state index contributed by atoms with van der Waals surface area (Å²) in [5.74, 6) is -1.07. The summed E-state index contributed by atoms with van der Waals surface area (Å²) >= 11 is 1.35. The summed E-state index contributed by atoms with van der Waals surface area (Å²) < 4.78 is 32.7. The summed E-state index contributed by atoms with van der Waals surface area (Å²) in [6, 6.07) is 10.6. The molecule has 7 heteroatoms. The second kappa shape index (κ2) is 8.55. The molecule has 1 N–H and O–H groups in total. The van der Waals surface area contributed by atoms with Gasteiger partial charge in [0.05, 0.1) is 5.56 Å². The number of carbonyl (C=O) groups is 1. The summed E-state index contributed by atoms with van der Waals surface area (Å²) in [7, 11) is 0. The maximum absolute atomic E-state index is 13.6. The lowest BCUT2D eigenvalue weighted by Gasteiger charge is -2.08. The summed E-state index contributed by atoms with van der Waals surface area (Å²) in [4.78, 5) is 16.2. The fourth-order valence-corrected chi connectivity index (χ4v) is 3.09. The summed E-state index contributed by atoms with van der Waals surface area (Å²) in [6.07, 6.45) is 1.59. The highest BCUT2D eigenvalue weighted by Gasteiger charge is 2.12. The molecule has 1 amide bonds. The predicted molar refractivity (Wildman–Crippen MR) is 101 cm³/mol. The Balaban J connectivity index is 1.66. The van der Waals surface area contributed by atoms with Crippen molar-refractivity contribution in [1.82, 2.24) is 10.3 Å². The van der Waals surface area contributed by atoms with Gasteiger partial charge in [0.15, 0.2) is 0 Å². The van der Waals surface area contributed by atoms with Crippen LogP contribution in [0.15, 0.2) is 60.5 Å². The van der Waals surface area contributed by atoms with E-state index in [9.17, 15) is 13.6 Å². The normalized spacial score (nSPS) is 10.4. The van der Waals surface area contributed by atoms with Crippen LogP contribution < -0.4 is 10.1 Å². The Morgan fingerprint density at radius 3 is 2.56 bits per heavy atom. The van der Waals surface area contributed by atoms with Gasteiger partial charge >= 0.3 is 0 Å². The van der Waals surface area contributed by atoms with Gasteiger partial charge in [-0.3, -0.25) is 4.79 Å². The van der Waals surface area contributed by atoms with E-state index in [4.69, 9.17) is 4.74 Å². The van der Waals surface area contributed by atoms with Crippen molar-refractivity contribution in [3.63, 3.8) is 0 Å². The lowest BCUT2D eigenvalue weighted by atomic mass is 10.2. The average molecular weight is 386 g/mol. The molecule has 0 atom stereocenters. The van der Waals surface area contributed by atoms with Gasteiger partial charge in [-0.15, -0.1) is 17.9 Å². The van der Waals surface area contributed by atoms with Crippen molar-refractivity contribution in [3.8, 4) is 16.3 Å². The first-order valence-electron chi connectivity index (χ1n) is 8.09. The van der Waals surface area contributed by atoms with Crippen LogP contribution in [-0.4, -0.2) is 17.4 Å². The first kappa shape index (κ1) is 18.7. The van der Waals surface area contributed by atoms with Gasteiger partial charge < -0.3 is 10.1 Å². The van der Waals surface area contributed by atoms with Crippen molar-refractivity contribution in [1.29, 1.82) is 0 Å². The van der Waals surface area contributed by atoms with E-state index in [1.807, 2.05) is 0 Å². The van der Waals surface area contributed by atoms with Crippen LogP contribution in [-0.2, 0) is 6.61 Å². The van der Waals surface area contributed by atoms with Crippen LogP contribution in [0.5, 0.6) is 5.75 Å². The number of nitrogens with zero attached hydrogens (tertiary/aromatic N) is 1. The number of halogens is 2. The molecular formula is C20H16F2N2O2S. The van der Waals surface area contributed by atoms with Crippen LogP contribution in [0.1, 0.15) is 16.1 Å². The molecule has 1 aromatic heterocycles. The number of hydrogen-bond acceptors (Lipinski definition) is 4. The quantitative estimate of drug-likeness (QED) is 0.605. The van der Waals surface area contributed by atoms with E-state index in [1.165, 1.54) is 29.5 Å². The Bertz CT molecular complexity index is 935. The van der Waals surface area contributed by atoms with E-state index in [0.29, 0.717) is 23.0 Å². The van der Waals surface area contributed by atoms with Crippen molar-refractivity contribution >= 4 is 17.2 Å². The monoisotopic (exact) mass is 386 g/mol. The van der Waals surface area contributed by atoms with E-state index in [-0.39, 0.29) is 18.1 Å². The van der Waals surface area contributed by atoms with Crippen molar-refractivity contribution in [2.24, 2.45) is 0 Å². The number of amides is 1. The van der Waals surface area contributed by atoms with Crippen LogP contribution in [0, 0.1) is 11.6 Å². The van der Waals surface area contributed by atoms with Gasteiger partial charge in [-0.1, -0.05) is 12.1 Å². The molecule has 0 unspecified atom stereocenters. The summed E-state index contributed by atoms with van der Waals surface area (Å²) in [5.41, 5.74) is 1.04. The number of aromatic nitrogens is 1. The number of thiazole rings is 1. The molecule has 138 valence electrons. The van der Waals surface area contributed by atoms with E-state index < -0.39 is 11.6 Å². The van der Waals surface area contributed by atoms with Crippen molar-refractivity contribution in [3.05, 3.63) is 83.4 Å². The van der Waals surface area contributed by atoms with Gasteiger partial charge in [-0.25, -0.2) is 13.8 Å². The van der Waals surface area contributed by atoms with Crippen LogP contribution in [0.25, 0.3) is 10.6 Å². The fraction of sp³-hybridized carbons (Fsp3) is 0.100. The predicted octanol–water partition coefficient (Wildman–Crippen LogP) is 4.58. The van der Waals surface area contributed by atoms with Gasteiger partial charge in [-0.2, -0.15) is 0 Å². The molecule has 0 saturated carbocycles. The highest BCUT2D eigenvalue weighted by Crippen LogP contribution is 2.26. The van der Waals surface area contributed by atoms with E-state index >= 15 is 0 Å². The molecule has 4 nitrogen and oxygen atoms in total. The van der Waals surface area contributed by atoms with Gasteiger partial charge in [0.25, 0.3) is 5.91 Å². The number of hydrogen-bond donors (Lipinski definition) is 1. The highest BCUT2D eigenvalue weighted by atomic mass is 32.1. The molecule has 0 fully saturated rings. The standard InChI is InChI=1S/C20H16F2N2O2S/c1-2-10-23-19(25)18-12-27-20(24-18)13-6-8-14(9-7-13)26-11-15-16(21)4-3-5-17(15)22/h2-9,12H,1,10-11H2,(H,23,25). The fourth-order valence-electron chi connectivity index (χ4n) is 2.29. The number of ether oxygens (including phenoxy) is 1. The zero-order valence-corrected chi connectivity index (χ0v) is 15.1. The minimum Gasteiger partial charge on any atom is -0.489 e. The molecule has 0 aliphatic heterocycles. The number of rotatable bonds is 7. The van der Waals surface area contributed by atoms with E-state index in [0.717, 1.165) is 5.56 Å². The molecule has 0 bridgehead atoms. The molecular weight excluding hydrogens is 370 g/mol. The molecule has 1 heterocycles. The van der Waals surface area contributed by atoms with Gasteiger partial charge in [0, 0.05) is 17.5 Å². The molecule has 0 saturated heterocycles. The molecule has 0 radical (unpaired) electrons. The lowest BCUT2D eigenvalue weighted by molar-refractivity contribution is 0.0954. The van der Waals surface area contributed by atoms with Gasteiger partial charge in [0.1, 0.15) is 34.7 Å². The second-order valence-electron chi connectivity index (χ2n) is 5.55. The van der Waals surface area contributed by atoms with E-state index in [2.05, 4.69) is 16.9 Å². The SMILES string of the molecule is C=CCNC(=O)c1csc(-c2ccc(OCc3c(F)cccc3F)cc2)n1. The maximum Gasteiger partial charge on any atom is 0.271 e. The zero-order valence-electron chi connectivity index (χ0n) is 14.2. The third-order valence-electron chi connectivity index (χ3n) is 3.69. The first-order chi connectivity index (χ1) is 13.1. The Labute approximate surface area is 159 Å². The number of benzene rings is 2. The Morgan fingerprint density at radius 1 is 1.19 bits per heavy atom. The summed E-state index contributed by atoms with van der Waals surface area (Å²) in [6.45, 7) is 3.72. The van der Waals surface area contributed by atoms with Crippen LogP contribution >= 0.6 is 11.3 Å². The minimum absolute atomic E-state index is 0.114. The third kappa shape index (κ3) is 4.57. The number of carbonyl (C=O) groups excluding carboxylic acids is 1. The van der Waals surface area contributed by atoms with E-state index in [1.54, 1.807) is 35.7 Å². The molecule has 3 aromatic rings. The van der Waals surface area contributed by atoms with Crippen molar-refractivity contribution in [2.45, 2.75) is 6.61 Å². The molecule has 0 spiro atoms. The molecule has 27 heavy (non-hydrogen) atoms. The average Bonchev–Trinajstić information content (AvgIpc) is 3.16. The maximum atomic E-state index is 13.6. The Morgan fingerprint density at radius 2 is 1.89 bits per heavy atom. The topological polar surface area (TPSA) is 51.2 Å². The zero-order chi connectivity index (χ0) is 19.2. The second-order valence-corrected chi connectivity index (χ2v) is 6.41. The molecule has 2 aromatic carbocycles. The molecule has 3 rings (SSSR count). The Hall–Kier alpha value is -3.06. The Kier molecular flexibility index (Phi) is 5.93. The van der Waals surface area contributed by atoms with Crippen molar-refractivity contribution in [2.75, 3.05) is 6.54 Å². The first-order valence-corrected chi connectivity index (χ1v) is 8.97. The highest BCUT2D eigenvalue weighted by molar-refractivity contribution is 7.13. The van der Waals surface area contributed by atoms with Crippen molar-refractivity contribution < 1.29 is 18.3 Å².